The molecule has 3 heterocycles. The van der Waals surface area contributed by atoms with Gasteiger partial charge < -0.3 is 4.90 Å². The van der Waals surface area contributed by atoms with Crippen LogP contribution in [0.4, 0.5) is 0 Å². The minimum Gasteiger partial charge on any atom is -0.337 e. The number of likely N-dealkylation sites (tertiary alicyclic amines) is 1. The van der Waals surface area contributed by atoms with Crippen LogP contribution in [0.15, 0.2) is 12.1 Å². The van der Waals surface area contributed by atoms with Crippen molar-refractivity contribution in [3.8, 4) is 0 Å². The summed E-state index contributed by atoms with van der Waals surface area (Å²) in [7, 11) is 0. The molecule has 0 aromatic carbocycles. The van der Waals surface area contributed by atoms with Crippen molar-refractivity contribution in [2.45, 2.75) is 19.8 Å². The second-order valence-electron chi connectivity index (χ2n) is 5.53. The van der Waals surface area contributed by atoms with Gasteiger partial charge in [-0.1, -0.05) is 0 Å². The standard InChI is InChI=1S/C14H14N2O4S/c1-8(17)9-2-3-10(21-9)12(19)16-5-4-14(7-16)6-11(18)15-13(14)20/h2-3H,4-7H2,1H3,(H,15,18,20). The van der Waals surface area contributed by atoms with E-state index in [0.29, 0.717) is 22.7 Å². The summed E-state index contributed by atoms with van der Waals surface area (Å²) in [5.41, 5.74) is -0.757. The lowest BCUT2D eigenvalue weighted by atomic mass is 9.85. The van der Waals surface area contributed by atoms with Gasteiger partial charge in [0, 0.05) is 19.5 Å². The number of hydrogen-bond acceptors (Lipinski definition) is 5. The van der Waals surface area contributed by atoms with Crippen LogP contribution in [0.1, 0.15) is 39.1 Å². The van der Waals surface area contributed by atoms with E-state index in [1.165, 1.54) is 6.92 Å². The summed E-state index contributed by atoms with van der Waals surface area (Å²) in [5.74, 6) is -0.808. The summed E-state index contributed by atoms with van der Waals surface area (Å²) in [6, 6.07) is 3.27. The minimum absolute atomic E-state index is 0.0716. The number of amides is 3. The maximum atomic E-state index is 12.4. The number of imide groups is 1. The Kier molecular flexibility index (Phi) is 3.16. The van der Waals surface area contributed by atoms with Gasteiger partial charge in [-0.05, 0) is 25.5 Å². The van der Waals surface area contributed by atoms with E-state index in [1.807, 2.05) is 0 Å². The molecule has 2 aliphatic rings. The van der Waals surface area contributed by atoms with Gasteiger partial charge in [-0.25, -0.2) is 0 Å². The molecule has 0 saturated carbocycles. The SMILES string of the molecule is CC(=O)c1ccc(C(=O)N2CCC3(CC(=O)NC3=O)C2)s1. The van der Waals surface area contributed by atoms with E-state index in [-0.39, 0.29) is 36.5 Å². The third-order valence-electron chi connectivity index (χ3n) is 4.04. The molecule has 1 N–H and O–H groups in total. The maximum Gasteiger partial charge on any atom is 0.263 e. The fraction of sp³-hybridized carbons (Fsp3) is 0.429. The summed E-state index contributed by atoms with van der Waals surface area (Å²) in [4.78, 5) is 49.6. The molecule has 1 aromatic heterocycles. The molecule has 6 nitrogen and oxygen atoms in total. The highest BCUT2D eigenvalue weighted by Crippen LogP contribution is 2.38. The first-order chi connectivity index (χ1) is 9.91. The Hall–Kier alpha value is -2.02. The van der Waals surface area contributed by atoms with Gasteiger partial charge in [-0.2, -0.15) is 0 Å². The zero-order valence-electron chi connectivity index (χ0n) is 11.5. The molecule has 3 rings (SSSR count). The molecule has 1 atom stereocenters. The quantitative estimate of drug-likeness (QED) is 0.648. The average Bonchev–Trinajstić information content (AvgIpc) is 3.10. The number of thiophene rings is 1. The van der Waals surface area contributed by atoms with Gasteiger partial charge in [-0.3, -0.25) is 24.5 Å². The first kappa shape index (κ1) is 13.9. The molecule has 21 heavy (non-hydrogen) atoms. The van der Waals surface area contributed by atoms with Crippen molar-refractivity contribution in [2.75, 3.05) is 13.1 Å². The van der Waals surface area contributed by atoms with E-state index in [2.05, 4.69) is 5.32 Å². The molecule has 2 fully saturated rings. The highest BCUT2D eigenvalue weighted by molar-refractivity contribution is 7.15. The Morgan fingerprint density at radius 1 is 1.29 bits per heavy atom. The first-order valence-corrected chi connectivity index (χ1v) is 7.47. The molecule has 0 aliphatic carbocycles. The number of nitrogens with zero attached hydrogens (tertiary/aromatic N) is 1. The smallest absolute Gasteiger partial charge is 0.263 e. The number of rotatable bonds is 2. The predicted octanol–water partition coefficient (Wildman–Crippen LogP) is 0.830. The van der Waals surface area contributed by atoms with Gasteiger partial charge >= 0.3 is 0 Å². The Labute approximate surface area is 125 Å². The summed E-state index contributed by atoms with van der Waals surface area (Å²) < 4.78 is 0. The van der Waals surface area contributed by atoms with Crippen molar-refractivity contribution in [3.05, 3.63) is 21.9 Å². The molecule has 110 valence electrons. The first-order valence-electron chi connectivity index (χ1n) is 6.66. The molecule has 3 amide bonds. The third-order valence-corrected chi connectivity index (χ3v) is 5.21. The van der Waals surface area contributed by atoms with E-state index in [0.717, 1.165) is 11.3 Å². The fourth-order valence-electron chi connectivity index (χ4n) is 2.86. The molecule has 2 aliphatic heterocycles. The van der Waals surface area contributed by atoms with Gasteiger partial charge in [0.05, 0.1) is 15.2 Å². The van der Waals surface area contributed by atoms with Crippen LogP contribution in [0.2, 0.25) is 0 Å². The van der Waals surface area contributed by atoms with E-state index >= 15 is 0 Å². The predicted molar refractivity (Wildman–Crippen MR) is 75.0 cm³/mol. The molecule has 0 bridgehead atoms. The van der Waals surface area contributed by atoms with Crippen molar-refractivity contribution >= 4 is 34.8 Å². The maximum absolute atomic E-state index is 12.4. The van der Waals surface area contributed by atoms with Gasteiger partial charge in [0.1, 0.15) is 0 Å². The summed E-state index contributed by atoms with van der Waals surface area (Å²) in [6.45, 7) is 2.17. The van der Waals surface area contributed by atoms with Crippen LogP contribution in [-0.4, -0.2) is 41.5 Å². The van der Waals surface area contributed by atoms with E-state index in [9.17, 15) is 19.2 Å². The molecule has 2 saturated heterocycles. The normalized spacial score (nSPS) is 24.7. The van der Waals surface area contributed by atoms with Crippen LogP contribution in [0, 0.1) is 5.41 Å². The zero-order chi connectivity index (χ0) is 15.2. The van der Waals surface area contributed by atoms with E-state index in [4.69, 9.17) is 0 Å². The lowest BCUT2D eigenvalue weighted by molar-refractivity contribution is -0.128. The zero-order valence-corrected chi connectivity index (χ0v) is 12.3. The molecule has 1 unspecified atom stereocenters. The second kappa shape index (κ2) is 4.77. The van der Waals surface area contributed by atoms with Crippen molar-refractivity contribution in [3.63, 3.8) is 0 Å². The second-order valence-corrected chi connectivity index (χ2v) is 6.61. The van der Waals surface area contributed by atoms with Gasteiger partial charge in [0.25, 0.3) is 5.91 Å². The molecular weight excluding hydrogens is 292 g/mol. The minimum atomic E-state index is -0.757. The Morgan fingerprint density at radius 3 is 2.57 bits per heavy atom. The van der Waals surface area contributed by atoms with Gasteiger partial charge in [0.15, 0.2) is 5.78 Å². The molecule has 7 heteroatoms. The highest BCUT2D eigenvalue weighted by atomic mass is 32.1. The topological polar surface area (TPSA) is 83.6 Å². The fourth-order valence-corrected chi connectivity index (χ4v) is 3.73. The average molecular weight is 306 g/mol. The van der Waals surface area contributed by atoms with Crippen LogP contribution < -0.4 is 5.32 Å². The van der Waals surface area contributed by atoms with Crippen molar-refractivity contribution in [1.29, 1.82) is 0 Å². The number of Topliss-reactive ketones (excluding diaryl/α,β-unsaturated/α-hetero) is 1. The molecule has 1 aromatic rings. The largest absolute Gasteiger partial charge is 0.337 e. The van der Waals surface area contributed by atoms with Crippen molar-refractivity contribution < 1.29 is 19.2 Å². The number of carbonyl (C=O) groups excluding carboxylic acids is 4. The Bertz CT molecular complexity index is 666. The molecular formula is C14H14N2O4S. The molecule has 0 radical (unpaired) electrons. The van der Waals surface area contributed by atoms with Crippen LogP contribution in [-0.2, 0) is 9.59 Å². The lowest BCUT2D eigenvalue weighted by Crippen LogP contribution is -2.36. The monoisotopic (exact) mass is 306 g/mol. The van der Waals surface area contributed by atoms with Crippen LogP contribution in [0.5, 0.6) is 0 Å². The lowest BCUT2D eigenvalue weighted by Gasteiger charge is -2.19. The Balaban J connectivity index is 1.76. The summed E-state index contributed by atoms with van der Waals surface area (Å²) in [5, 5.41) is 2.31. The van der Waals surface area contributed by atoms with E-state index in [1.54, 1.807) is 17.0 Å². The third kappa shape index (κ3) is 2.27. The number of nitrogens with one attached hydrogen (secondary N) is 1. The van der Waals surface area contributed by atoms with Crippen LogP contribution in [0.3, 0.4) is 0 Å². The highest BCUT2D eigenvalue weighted by Gasteiger charge is 2.51. The summed E-state index contributed by atoms with van der Waals surface area (Å²) >= 11 is 1.16. The summed E-state index contributed by atoms with van der Waals surface area (Å²) in [6.07, 6.45) is 0.653. The number of ketones is 1. The molecule has 1 spiro atoms. The van der Waals surface area contributed by atoms with Crippen molar-refractivity contribution in [2.24, 2.45) is 5.41 Å². The van der Waals surface area contributed by atoms with Gasteiger partial charge in [-0.15, -0.1) is 11.3 Å². The van der Waals surface area contributed by atoms with Gasteiger partial charge in [0.2, 0.25) is 11.8 Å². The number of carbonyl (C=O) groups is 4. The number of hydrogen-bond donors (Lipinski definition) is 1. The van der Waals surface area contributed by atoms with Crippen LogP contribution >= 0.6 is 11.3 Å². The van der Waals surface area contributed by atoms with Crippen molar-refractivity contribution in [1.82, 2.24) is 10.2 Å². The van der Waals surface area contributed by atoms with Crippen LogP contribution in [0.25, 0.3) is 0 Å². The Morgan fingerprint density at radius 2 is 2.00 bits per heavy atom. The van der Waals surface area contributed by atoms with E-state index < -0.39 is 5.41 Å².